The maximum atomic E-state index is 12.9. The van der Waals surface area contributed by atoms with Gasteiger partial charge in [-0.15, -0.1) is 11.3 Å². The zero-order valence-corrected chi connectivity index (χ0v) is 14.4. The monoisotopic (exact) mass is 363 g/mol. The SMILES string of the molecule is Cc1cc(C(=O)CCC(=O)N2CCCC(O)(C(F)(F)F)C2)c(C)s1. The Balaban J connectivity index is 1.95. The van der Waals surface area contributed by atoms with Crippen molar-refractivity contribution in [2.75, 3.05) is 13.1 Å². The van der Waals surface area contributed by atoms with Crippen LogP contribution >= 0.6 is 11.3 Å². The normalized spacial score (nSPS) is 21.8. The van der Waals surface area contributed by atoms with E-state index in [4.69, 9.17) is 0 Å². The summed E-state index contributed by atoms with van der Waals surface area (Å²) in [5, 5.41) is 9.74. The number of Topliss-reactive ketones (excluding diaryl/α,β-unsaturated/α-hetero) is 1. The number of rotatable bonds is 4. The Labute approximate surface area is 142 Å². The topological polar surface area (TPSA) is 57.6 Å². The van der Waals surface area contributed by atoms with Crippen molar-refractivity contribution in [3.8, 4) is 0 Å². The molecule has 1 aromatic rings. The van der Waals surface area contributed by atoms with E-state index in [1.807, 2.05) is 13.8 Å². The molecule has 1 aliphatic rings. The lowest BCUT2D eigenvalue weighted by Gasteiger charge is -2.40. The minimum absolute atomic E-state index is 0.0448. The van der Waals surface area contributed by atoms with Crippen molar-refractivity contribution < 1.29 is 27.9 Å². The number of carbonyl (C=O) groups is 2. The summed E-state index contributed by atoms with van der Waals surface area (Å²) in [6, 6.07) is 1.76. The maximum Gasteiger partial charge on any atom is 0.418 e. The molecule has 1 atom stereocenters. The number of halogens is 3. The second-order valence-electron chi connectivity index (χ2n) is 6.20. The van der Waals surface area contributed by atoms with Crippen molar-refractivity contribution in [1.29, 1.82) is 0 Å². The minimum atomic E-state index is -4.77. The first-order chi connectivity index (χ1) is 11.0. The highest BCUT2D eigenvalue weighted by atomic mass is 32.1. The van der Waals surface area contributed by atoms with Gasteiger partial charge in [0.05, 0.1) is 6.54 Å². The zero-order chi connectivity index (χ0) is 18.1. The summed E-state index contributed by atoms with van der Waals surface area (Å²) in [7, 11) is 0. The summed E-state index contributed by atoms with van der Waals surface area (Å²) in [6.07, 6.45) is -5.30. The van der Waals surface area contributed by atoms with E-state index < -0.39 is 30.7 Å². The highest BCUT2D eigenvalue weighted by molar-refractivity contribution is 7.12. The van der Waals surface area contributed by atoms with E-state index in [2.05, 4.69) is 0 Å². The molecule has 1 unspecified atom stereocenters. The van der Waals surface area contributed by atoms with Crippen LogP contribution in [0.3, 0.4) is 0 Å². The summed E-state index contributed by atoms with van der Waals surface area (Å²) < 4.78 is 38.7. The molecular weight excluding hydrogens is 343 g/mol. The van der Waals surface area contributed by atoms with Crippen LogP contribution in [-0.2, 0) is 4.79 Å². The number of amides is 1. The molecule has 1 amide bonds. The number of hydrogen-bond acceptors (Lipinski definition) is 4. The molecule has 1 saturated heterocycles. The van der Waals surface area contributed by atoms with Crippen LogP contribution < -0.4 is 0 Å². The fourth-order valence-corrected chi connectivity index (χ4v) is 3.84. The number of alkyl halides is 3. The van der Waals surface area contributed by atoms with E-state index in [9.17, 15) is 27.9 Å². The summed E-state index contributed by atoms with van der Waals surface area (Å²) in [4.78, 5) is 27.2. The van der Waals surface area contributed by atoms with Crippen LogP contribution in [0.15, 0.2) is 6.07 Å². The number of ketones is 1. The fraction of sp³-hybridized carbons (Fsp3) is 0.625. The standard InChI is InChI=1S/C16H20F3NO3S/c1-10-8-12(11(2)24-10)13(21)4-5-14(22)20-7-3-6-15(23,9-20)16(17,18)19/h8,23H,3-7,9H2,1-2H3. The Kier molecular flexibility index (Phi) is 5.39. The van der Waals surface area contributed by atoms with Gasteiger partial charge in [0.1, 0.15) is 0 Å². The number of aryl methyl sites for hydroxylation is 2. The van der Waals surface area contributed by atoms with Crippen molar-refractivity contribution >= 4 is 23.0 Å². The molecule has 24 heavy (non-hydrogen) atoms. The quantitative estimate of drug-likeness (QED) is 0.836. The van der Waals surface area contributed by atoms with Gasteiger partial charge in [-0.3, -0.25) is 9.59 Å². The molecule has 2 rings (SSSR count). The summed E-state index contributed by atoms with van der Waals surface area (Å²) in [5.74, 6) is -0.719. The molecule has 0 radical (unpaired) electrons. The van der Waals surface area contributed by atoms with Crippen LogP contribution in [-0.4, -0.2) is 46.6 Å². The molecule has 2 heterocycles. The largest absolute Gasteiger partial charge is 0.418 e. The summed E-state index contributed by atoms with van der Waals surface area (Å²) in [5.41, 5.74) is -2.29. The summed E-state index contributed by atoms with van der Waals surface area (Å²) >= 11 is 1.49. The third-order valence-electron chi connectivity index (χ3n) is 4.26. The van der Waals surface area contributed by atoms with Gasteiger partial charge in [-0.1, -0.05) is 0 Å². The van der Waals surface area contributed by atoms with E-state index in [1.54, 1.807) is 6.07 Å². The van der Waals surface area contributed by atoms with Crippen LogP contribution in [0.1, 0.15) is 45.8 Å². The number of likely N-dealkylation sites (tertiary alicyclic amines) is 1. The lowest BCUT2D eigenvalue weighted by Crippen LogP contribution is -2.58. The number of β-amino-alcohol motifs (C(OH)–C–C–N with tert-alkyl or cyclic N) is 1. The van der Waals surface area contributed by atoms with Gasteiger partial charge in [-0.2, -0.15) is 13.2 Å². The molecule has 4 nitrogen and oxygen atoms in total. The number of aliphatic hydroxyl groups is 1. The van der Waals surface area contributed by atoms with Gasteiger partial charge >= 0.3 is 6.18 Å². The van der Waals surface area contributed by atoms with Crippen molar-refractivity contribution in [3.63, 3.8) is 0 Å². The lowest BCUT2D eigenvalue weighted by atomic mass is 9.92. The number of carbonyl (C=O) groups excluding carboxylic acids is 2. The Morgan fingerprint density at radius 3 is 2.54 bits per heavy atom. The second-order valence-corrected chi connectivity index (χ2v) is 7.66. The second kappa shape index (κ2) is 6.84. The van der Waals surface area contributed by atoms with Crippen LogP contribution in [0.2, 0.25) is 0 Å². The summed E-state index contributed by atoms with van der Waals surface area (Å²) in [6.45, 7) is 3.11. The smallest absolute Gasteiger partial charge is 0.379 e. The number of hydrogen-bond donors (Lipinski definition) is 1. The molecule has 0 bridgehead atoms. The molecule has 0 saturated carbocycles. The number of thiophene rings is 1. The Bertz CT molecular complexity index is 641. The molecule has 1 fully saturated rings. The van der Waals surface area contributed by atoms with Gasteiger partial charge in [-0.25, -0.2) is 0 Å². The fourth-order valence-electron chi connectivity index (χ4n) is 2.90. The van der Waals surface area contributed by atoms with Gasteiger partial charge in [0, 0.05) is 34.7 Å². The Hall–Kier alpha value is -1.41. The average Bonchev–Trinajstić information content (AvgIpc) is 2.82. The maximum absolute atomic E-state index is 12.9. The first-order valence-corrected chi connectivity index (χ1v) is 8.52. The first-order valence-electron chi connectivity index (χ1n) is 7.70. The predicted octanol–water partition coefficient (Wildman–Crippen LogP) is 3.24. The highest BCUT2D eigenvalue weighted by Gasteiger charge is 2.55. The van der Waals surface area contributed by atoms with Crippen LogP contribution in [0.4, 0.5) is 13.2 Å². The van der Waals surface area contributed by atoms with Gasteiger partial charge in [-0.05, 0) is 32.8 Å². The van der Waals surface area contributed by atoms with Gasteiger partial charge in [0.15, 0.2) is 11.4 Å². The van der Waals surface area contributed by atoms with Crippen LogP contribution in [0, 0.1) is 13.8 Å². The molecule has 8 heteroatoms. The van der Waals surface area contributed by atoms with Crippen molar-refractivity contribution in [2.24, 2.45) is 0 Å². The number of piperidine rings is 1. The van der Waals surface area contributed by atoms with Gasteiger partial charge in [0.2, 0.25) is 5.91 Å². The molecule has 134 valence electrons. The third-order valence-corrected chi connectivity index (χ3v) is 5.22. The first kappa shape index (κ1) is 18.9. The van der Waals surface area contributed by atoms with Crippen molar-refractivity contribution in [1.82, 2.24) is 4.90 Å². The van der Waals surface area contributed by atoms with Crippen molar-refractivity contribution in [2.45, 2.75) is 51.3 Å². The highest BCUT2D eigenvalue weighted by Crippen LogP contribution is 2.37. The molecular formula is C16H20F3NO3S. The van der Waals surface area contributed by atoms with E-state index in [0.717, 1.165) is 14.7 Å². The van der Waals surface area contributed by atoms with E-state index in [1.165, 1.54) is 11.3 Å². The van der Waals surface area contributed by atoms with E-state index in [-0.39, 0.29) is 31.6 Å². The molecule has 0 aliphatic carbocycles. The molecule has 1 N–H and O–H groups in total. The van der Waals surface area contributed by atoms with Crippen molar-refractivity contribution in [3.05, 3.63) is 21.4 Å². The molecule has 0 aromatic carbocycles. The number of nitrogens with zero attached hydrogens (tertiary/aromatic N) is 1. The Morgan fingerprint density at radius 2 is 2.00 bits per heavy atom. The van der Waals surface area contributed by atoms with Crippen LogP contribution in [0.25, 0.3) is 0 Å². The molecule has 0 spiro atoms. The lowest BCUT2D eigenvalue weighted by molar-refractivity contribution is -0.272. The van der Waals surface area contributed by atoms with Gasteiger partial charge in [0.25, 0.3) is 0 Å². The minimum Gasteiger partial charge on any atom is -0.379 e. The van der Waals surface area contributed by atoms with Crippen LogP contribution in [0.5, 0.6) is 0 Å². The molecule has 1 aromatic heterocycles. The Morgan fingerprint density at radius 1 is 1.33 bits per heavy atom. The van der Waals surface area contributed by atoms with E-state index in [0.29, 0.717) is 5.56 Å². The average molecular weight is 363 g/mol. The van der Waals surface area contributed by atoms with Gasteiger partial charge < -0.3 is 10.0 Å². The third kappa shape index (κ3) is 3.97. The molecule has 1 aliphatic heterocycles. The van der Waals surface area contributed by atoms with E-state index >= 15 is 0 Å². The zero-order valence-electron chi connectivity index (χ0n) is 13.6. The predicted molar refractivity (Wildman–Crippen MR) is 84.2 cm³/mol.